The fourth-order valence-electron chi connectivity index (χ4n) is 3.10. The molecule has 1 fully saturated rings. The molecule has 1 amide bonds. The molecule has 1 aliphatic rings. The second kappa shape index (κ2) is 8.74. The lowest BCUT2D eigenvalue weighted by Gasteiger charge is -2.30. The van der Waals surface area contributed by atoms with Gasteiger partial charge in [0.15, 0.2) is 5.78 Å². The highest BCUT2D eigenvalue weighted by molar-refractivity contribution is 6.13. The molecule has 1 aliphatic heterocycles. The summed E-state index contributed by atoms with van der Waals surface area (Å²) < 4.78 is 5.51. The van der Waals surface area contributed by atoms with Crippen LogP contribution in [0.5, 0.6) is 0 Å². The monoisotopic (exact) mass is 352 g/mol. The third-order valence-electron chi connectivity index (χ3n) is 4.46. The van der Waals surface area contributed by atoms with E-state index < -0.39 is 0 Å². The van der Waals surface area contributed by atoms with E-state index in [2.05, 4.69) is 10.2 Å². The number of rotatable bonds is 6. The molecule has 0 aromatic heterocycles. The van der Waals surface area contributed by atoms with Gasteiger partial charge in [-0.2, -0.15) is 0 Å². The zero-order chi connectivity index (χ0) is 18.4. The molecule has 3 rings (SSSR count). The van der Waals surface area contributed by atoms with Crippen LogP contribution in [-0.4, -0.2) is 48.9 Å². The first kappa shape index (κ1) is 18.3. The van der Waals surface area contributed by atoms with E-state index in [0.29, 0.717) is 36.4 Å². The Morgan fingerprint density at radius 1 is 1.12 bits per heavy atom. The molecule has 2 aromatic rings. The van der Waals surface area contributed by atoms with E-state index >= 15 is 0 Å². The van der Waals surface area contributed by atoms with Crippen molar-refractivity contribution >= 4 is 17.4 Å². The van der Waals surface area contributed by atoms with Crippen molar-refractivity contribution < 1.29 is 14.3 Å². The van der Waals surface area contributed by atoms with Crippen molar-refractivity contribution in [3.63, 3.8) is 0 Å². The number of nitrogens with one attached hydrogen (secondary N) is 1. The summed E-state index contributed by atoms with van der Waals surface area (Å²) in [6, 6.07) is 16.2. The minimum Gasteiger partial charge on any atom is -0.376 e. The molecule has 0 aliphatic carbocycles. The Bertz CT molecular complexity index is 761. The number of hydrogen-bond acceptors (Lipinski definition) is 4. The maximum absolute atomic E-state index is 12.7. The summed E-state index contributed by atoms with van der Waals surface area (Å²) in [6.45, 7) is 5.13. The van der Waals surface area contributed by atoms with Gasteiger partial charge in [-0.25, -0.2) is 0 Å². The Kier molecular flexibility index (Phi) is 6.15. The van der Waals surface area contributed by atoms with E-state index in [-0.39, 0.29) is 17.8 Å². The Hall–Kier alpha value is -2.50. The fourth-order valence-corrected chi connectivity index (χ4v) is 3.10. The van der Waals surface area contributed by atoms with Crippen LogP contribution in [-0.2, 0) is 9.53 Å². The standard InChI is InChI=1S/C21H24N2O3/c1-16-15-23(13-14-26-16)12-11-20(24)22-19-10-6-5-9-18(19)21(25)17-7-3-2-4-8-17/h2-10,16H,11-15H2,1H3,(H,22,24). The van der Waals surface area contributed by atoms with Crippen molar-refractivity contribution in [1.29, 1.82) is 0 Å². The van der Waals surface area contributed by atoms with E-state index in [9.17, 15) is 9.59 Å². The van der Waals surface area contributed by atoms with Crippen molar-refractivity contribution in [1.82, 2.24) is 4.90 Å². The number of carbonyl (C=O) groups is 2. The SMILES string of the molecule is CC1CN(CCC(=O)Nc2ccccc2C(=O)c2ccccc2)CCO1. The van der Waals surface area contributed by atoms with Crippen LogP contribution in [0.4, 0.5) is 5.69 Å². The van der Waals surface area contributed by atoms with E-state index in [1.807, 2.05) is 31.2 Å². The molecular weight excluding hydrogens is 328 g/mol. The van der Waals surface area contributed by atoms with Crippen LogP contribution >= 0.6 is 0 Å². The third kappa shape index (κ3) is 4.77. The topological polar surface area (TPSA) is 58.6 Å². The average molecular weight is 352 g/mol. The van der Waals surface area contributed by atoms with Crippen molar-refractivity contribution in [3.05, 3.63) is 65.7 Å². The number of morpholine rings is 1. The highest BCUT2D eigenvalue weighted by Gasteiger charge is 2.18. The van der Waals surface area contributed by atoms with Gasteiger partial charge in [0.05, 0.1) is 18.4 Å². The Labute approximate surface area is 154 Å². The van der Waals surface area contributed by atoms with Gasteiger partial charge in [-0.15, -0.1) is 0 Å². The van der Waals surface area contributed by atoms with E-state index in [1.165, 1.54) is 0 Å². The van der Waals surface area contributed by atoms with Crippen LogP contribution in [0.25, 0.3) is 0 Å². The quantitative estimate of drug-likeness (QED) is 0.812. The van der Waals surface area contributed by atoms with E-state index in [1.54, 1.807) is 30.3 Å². The van der Waals surface area contributed by atoms with Gasteiger partial charge in [0.2, 0.25) is 5.91 Å². The number of anilines is 1. The minimum atomic E-state index is -0.0940. The molecule has 0 saturated carbocycles. The maximum Gasteiger partial charge on any atom is 0.225 e. The smallest absolute Gasteiger partial charge is 0.225 e. The molecule has 0 bridgehead atoms. The number of ether oxygens (including phenoxy) is 1. The first-order chi connectivity index (χ1) is 12.6. The molecule has 26 heavy (non-hydrogen) atoms. The third-order valence-corrected chi connectivity index (χ3v) is 4.46. The van der Waals surface area contributed by atoms with Crippen LogP contribution in [0.1, 0.15) is 29.3 Å². The number of carbonyl (C=O) groups excluding carboxylic acids is 2. The van der Waals surface area contributed by atoms with Crippen molar-refractivity contribution in [2.24, 2.45) is 0 Å². The fraction of sp³-hybridized carbons (Fsp3) is 0.333. The molecule has 1 heterocycles. The highest BCUT2D eigenvalue weighted by atomic mass is 16.5. The van der Waals surface area contributed by atoms with Crippen LogP contribution in [0, 0.1) is 0 Å². The number of benzene rings is 2. The van der Waals surface area contributed by atoms with Gasteiger partial charge < -0.3 is 10.1 Å². The zero-order valence-corrected chi connectivity index (χ0v) is 15.0. The molecule has 0 radical (unpaired) electrons. The van der Waals surface area contributed by atoms with Gasteiger partial charge in [-0.3, -0.25) is 14.5 Å². The molecule has 5 heteroatoms. The first-order valence-electron chi connectivity index (χ1n) is 8.96. The van der Waals surface area contributed by atoms with E-state index in [4.69, 9.17) is 4.74 Å². The summed E-state index contributed by atoms with van der Waals surface area (Å²) in [4.78, 5) is 27.3. The molecule has 0 spiro atoms. The average Bonchev–Trinajstić information content (AvgIpc) is 2.67. The second-order valence-corrected chi connectivity index (χ2v) is 6.52. The molecule has 2 aromatic carbocycles. The summed E-state index contributed by atoms with van der Waals surface area (Å²) in [5.74, 6) is -0.180. The largest absolute Gasteiger partial charge is 0.376 e. The molecule has 1 saturated heterocycles. The highest BCUT2D eigenvalue weighted by Crippen LogP contribution is 2.19. The van der Waals surface area contributed by atoms with Gasteiger partial charge >= 0.3 is 0 Å². The summed E-state index contributed by atoms with van der Waals surface area (Å²) >= 11 is 0. The van der Waals surface area contributed by atoms with Gasteiger partial charge in [-0.05, 0) is 19.1 Å². The second-order valence-electron chi connectivity index (χ2n) is 6.52. The van der Waals surface area contributed by atoms with Gasteiger partial charge in [0.25, 0.3) is 0 Å². The van der Waals surface area contributed by atoms with E-state index in [0.717, 1.165) is 13.1 Å². The minimum absolute atomic E-state index is 0.0857. The van der Waals surface area contributed by atoms with Crippen molar-refractivity contribution in [2.75, 3.05) is 31.6 Å². The summed E-state index contributed by atoms with van der Waals surface area (Å²) in [7, 11) is 0. The lowest BCUT2D eigenvalue weighted by Crippen LogP contribution is -2.42. The van der Waals surface area contributed by atoms with Crippen molar-refractivity contribution in [3.8, 4) is 0 Å². The molecule has 1 atom stereocenters. The predicted molar refractivity (Wildman–Crippen MR) is 101 cm³/mol. The maximum atomic E-state index is 12.7. The molecule has 5 nitrogen and oxygen atoms in total. The lowest BCUT2D eigenvalue weighted by molar-refractivity contribution is -0.117. The molecule has 1 unspecified atom stereocenters. The van der Waals surface area contributed by atoms with Gasteiger partial charge in [0.1, 0.15) is 0 Å². The first-order valence-corrected chi connectivity index (χ1v) is 8.96. The zero-order valence-electron chi connectivity index (χ0n) is 15.0. The molecule has 136 valence electrons. The Morgan fingerprint density at radius 2 is 1.85 bits per heavy atom. The van der Waals surface area contributed by atoms with Gasteiger partial charge in [0, 0.05) is 37.2 Å². The molecule has 1 N–H and O–H groups in total. The number of ketones is 1. The summed E-state index contributed by atoms with van der Waals surface area (Å²) in [5.41, 5.74) is 1.67. The Balaban J connectivity index is 1.63. The number of nitrogens with zero attached hydrogens (tertiary/aromatic N) is 1. The van der Waals surface area contributed by atoms with Crippen LogP contribution in [0.3, 0.4) is 0 Å². The molecular formula is C21H24N2O3. The van der Waals surface area contributed by atoms with Crippen LogP contribution < -0.4 is 5.32 Å². The van der Waals surface area contributed by atoms with Crippen LogP contribution in [0.15, 0.2) is 54.6 Å². The summed E-state index contributed by atoms with van der Waals surface area (Å²) in [6.07, 6.45) is 0.594. The number of hydrogen-bond donors (Lipinski definition) is 1. The van der Waals surface area contributed by atoms with Gasteiger partial charge in [-0.1, -0.05) is 42.5 Å². The van der Waals surface area contributed by atoms with Crippen molar-refractivity contribution in [2.45, 2.75) is 19.4 Å². The van der Waals surface area contributed by atoms with Crippen LogP contribution in [0.2, 0.25) is 0 Å². The number of para-hydroxylation sites is 1. The number of amides is 1. The summed E-state index contributed by atoms with van der Waals surface area (Å²) in [5, 5.41) is 2.89. The normalized spacial score (nSPS) is 17.7. The lowest BCUT2D eigenvalue weighted by atomic mass is 10.0. The predicted octanol–water partition coefficient (Wildman–Crippen LogP) is 2.97. The Morgan fingerprint density at radius 3 is 2.62 bits per heavy atom.